The zero-order valence-corrected chi connectivity index (χ0v) is 10.5. The van der Waals surface area contributed by atoms with Gasteiger partial charge in [-0.05, 0) is 32.1 Å². The summed E-state index contributed by atoms with van der Waals surface area (Å²) in [5.41, 5.74) is 0. The fraction of sp³-hybridized carbons (Fsp3) is 0.923. The number of alkyl halides is 1. The van der Waals surface area contributed by atoms with Crippen molar-refractivity contribution in [3.05, 3.63) is 0 Å². The van der Waals surface area contributed by atoms with Gasteiger partial charge in [-0.1, -0.05) is 19.3 Å². The van der Waals surface area contributed by atoms with Gasteiger partial charge in [0.25, 0.3) is 0 Å². The van der Waals surface area contributed by atoms with E-state index in [0.29, 0.717) is 18.6 Å². The molecule has 0 saturated heterocycles. The Labute approximate surface area is 102 Å². The van der Waals surface area contributed by atoms with Crippen LogP contribution >= 0.6 is 11.6 Å². The second kappa shape index (κ2) is 5.50. The molecule has 2 fully saturated rings. The molecule has 2 aliphatic carbocycles. The van der Waals surface area contributed by atoms with E-state index < -0.39 is 6.10 Å². The van der Waals surface area contributed by atoms with Gasteiger partial charge in [0, 0.05) is 11.8 Å². The molecule has 0 aromatic rings. The highest BCUT2D eigenvalue weighted by molar-refractivity contribution is 6.21. The Hall–Kier alpha value is -0.0800. The van der Waals surface area contributed by atoms with Crippen molar-refractivity contribution in [2.45, 2.75) is 62.8 Å². The van der Waals surface area contributed by atoms with Crippen LogP contribution in [0, 0.1) is 11.8 Å². The molecule has 0 aliphatic heterocycles. The SMILES string of the molecule is O=C(C1CCCCC1)C1CCC(O)C(Cl)C1. The Morgan fingerprint density at radius 3 is 2.31 bits per heavy atom. The van der Waals surface area contributed by atoms with Gasteiger partial charge in [-0.2, -0.15) is 0 Å². The third-order valence-electron chi connectivity index (χ3n) is 4.15. The summed E-state index contributed by atoms with van der Waals surface area (Å²) in [6.07, 6.45) is 7.64. The summed E-state index contributed by atoms with van der Waals surface area (Å²) in [6, 6.07) is 0. The lowest BCUT2D eigenvalue weighted by atomic mass is 9.76. The first-order valence-corrected chi connectivity index (χ1v) is 6.98. The molecular weight excluding hydrogens is 224 g/mol. The predicted octanol–water partition coefficient (Wildman–Crippen LogP) is 2.90. The van der Waals surface area contributed by atoms with Gasteiger partial charge in [0.15, 0.2) is 0 Å². The van der Waals surface area contributed by atoms with Gasteiger partial charge < -0.3 is 5.11 Å². The number of aliphatic hydroxyl groups excluding tert-OH is 1. The molecule has 1 N–H and O–H groups in total. The molecule has 0 radical (unpaired) electrons. The number of halogens is 1. The van der Waals surface area contributed by atoms with E-state index in [9.17, 15) is 9.90 Å². The molecule has 3 heteroatoms. The minimum atomic E-state index is -0.405. The van der Waals surface area contributed by atoms with E-state index in [1.807, 2.05) is 0 Å². The Morgan fingerprint density at radius 1 is 1.00 bits per heavy atom. The number of rotatable bonds is 2. The van der Waals surface area contributed by atoms with E-state index in [4.69, 9.17) is 11.6 Å². The van der Waals surface area contributed by atoms with Gasteiger partial charge in [-0.25, -0.2) is 0 Å². The molecule has 3 atom stereocenters. The van der Waals surface area contributed by atoms with E-state index in [-0.39, 0.29) is 17.2 Å². The minimum Gasteiger partial charge on any atom is -0.392 e. The Bertz CT molecular complexity index is 248. The summed E-state index contributed by atoms with van der Waals surface area (Å²) >= 11 is 6.04. The van der Waals surface area contributed by atoms with Crippen LogP contribution in [0.1, 0.15) is 51.4 Å². The summed E-state index contributed by atoms with van der Waals surface area (Å²) in [5, 5.41) is 9.33. The lowest BCUT2D eigenvalue weighted by molar-refractivity contribution is -0.129. The van der Waals surface area contributed by atoms with Crippen LogP contribution in [-0.2, 0) is 4.79 Å². The molecule has 2 saturated carbocycles. The molecule has 0 amide bonds. The van der Waals surface area contributed by atoms with E-state index >= 15 is 0 Å². The Morgan fingerprint density at radius 2 is 1.69 bits per heavy atom. The summed E-state index contributed by atoms with van der Waals surface area (Å²) in [4.78, 5) is 12.3. The molecule has 0 bridgehead atoms. The van der Waals surface area contributed by atoms with E-state index in [2.05, 4.69) is 0 Å². The fourth-order valence-electron chi connectivity index (χ4n) is 3.08. The first-order chi connectivity index (χ1) is 7.68. The van der Waals surface area contributed by atoms with Crippen molar-refractivity contribution < 1.29 is 9.90 Å². The third kappa shape index (κ3) is 2.78. The smallest absolute Gasteiger partial charge is 0.139 e. The zero-order valence-electron chi connectivity index (χ0n) is 9.70. The molecule has 2 nitrogen and oxygen atoms in total. The molecule has 92 valence electrons. The second-order valence-electron chi connectivity index (χ2n) is 5.33. The van der Waals surface area contributed by atoms with Gasteiger partial charge in [-0.15, -0.1) is 11.6 Å². The zero-order chi connectivity index (χ0) is 11.5. The third-order valence-corrected chi connectivity index (χ3v) is 4.62. The standard InChI is InChI=1S/C13H21ClO2/c14-11-8-10(6-7-12(11)15)13(16)9-4-2-1-3-5-9/h9-12,15H,1-8H2. The van der Waals surface area contributed by atoms with Crippen LogP contribution in [0.25, 0.3) is 0 Å². The lowest BCUT2D eigenvalue weighted by Crippen LogP contribution is -2.36. The quantitative estimate of drug-likeness (QED) is 0.759. The van der Waals surface area contributed by atoms with Crippen LogP contribution in [0.2, 0.25) is 0 Å². The molecule has 0 heterocycles. The maximum absolute atomic E-state index is 12.3. The average molecular weight is 245 g/mol. The van der Waals surface area contributed by atoms with Crippen LogP contribution < -0.4 is 0 Å². The lowest BCUT2D eigenvalue weighted by Gasteiger charge is -2.32. The second-order valence-corrected chi connectivity index (χ2v) is 5.89. The van der Waals surface area contributed by atoms with Crippen molar-refractivity contribution in [3.8, 4) is 0 Å². The number of Topliss-reactive ketones (excluding diaryl/α,β-unsaturated/α-hetero) is 1. The monoisotopic (exact) mass is 244 g/mol. The Kier molecular flexibility index (Phi) is 4.26. The first-order valence-electron chi connectivity index (χ1n) is 6.54. The highest BCUT2D eigenvalue weighted by Crippen LogP contribution is 2.34. The molecule has 3 unspecified atom stereocenters. The van der Waals surface area contributed by atoms with Crippen LogP contribution in [0.5, 0.6) is 0 Å². The number of carbonyl (C=O) groups excluding carboxylic acids is 1. The summed E-state index contributed by atoms with van der Waals surface area (Å²) in [5.74, 6) is 0.837. The number of carbonyl (C=O) groups is 1. The number of aliphatic hydroxyl groups is 1. The molecule has 2 rings (SSSR count). The minimum absolute atomic E-state index is 0.119. The van der Waals surface area contributed by atoms with Crippen LogP contribution in [0.15, 0.2) is 0 Å². The molecular formula is C13H21ClO2. The molecule has 0 aromatic carbocycles. The van der Waals surface area contributed by atoms with Crippen molar-refractivity contribution in [1.29, 1.82) is 0 Å². The predicted molar refractivity (Wildman–Crippen MR) is 64.6 cm³/mol. The van der Waals surface area contributed by atoms with E-state index in [0.717, 1.165) is 19.3 Å². The topological polar surface area (TPSA) is 37.3 Å². The summed E-state index contributed by atoms with van der Waals surface area (Å²) in [6.45, 7) is 0. The van der Waals surface area contributed by atoms with Crippen LogP contribution in [0.4, 0.5) is 0 Å². The number of hydrogen-bond donors (Lipinski definition) is 1. The van der Waals surface area contributed by atoms with Crippen molar-refractivity contribution in [3.63, 3.8) is 0 Å². The maximum Gasteiger partial charge on any atom is 0.139 e. The average Bonchev–Trinajstić information content (AvgIpc) is 2.33. The van der Waals surface area contributed by atoms with E-state index in [1.165, 1.54) is 19.3 Å². The first kappa shape index (κ1) is 12.4. The summed E-state index contributed by atoms with van der Waals surface area (Å²) < 4.78 is 0. The highest BCUT2D eigenvalue weighted by Gasteiger charge is 2.34. The number of hydrogen-bond acceptors (Lipinski definition) is 2. The fourth-order valence-corrected chi connectivity index (χ4v) is 3.42. The highest BCUT2D eigenvalue weighted by atomic mass is 35.5. The van der Waals surface area contributed by atoms with Crippen LogP contribution in [0.3, 0.4) is 0 Å². The molecule has 0 spiro atoms. The van der Waals surface area contributed by atoms with Gasteiger partial charge >= 0.3 is 0 Å². The largest absolute Gasteiger partial charge is 0.392 e. The molecule has 0 aromatic heterocycles. The maximum atomic E-state index is 12.3. The van der Waals surface area contributed by atoms with E-state index in [1.54, 1.807) is 0 Å². The van der Waals surface area contributed by atoms with Crippen molar-refractivity contribution >= 4 is 17.4 Å². The van der Waals surface area contributed by atoms with Gasteiger partial charge in [0.05, 0.1) is 11.5 Å². The van der Waals surface area contributed by atoms with Gasteiger partial charge in [0.2, 0.25) is 0 Å². The van der Waals surface area contributed by atoms with Crippen molar-refractivity contribution in [2.75, 3.05) is 0 Å². The summed E-state index contributed by atoms with van der Waals surface area (Å²) in [7, 11) is 0. The number of ketones is 1. The van der Waals surface area contributed by atoms with Crippen molar-refractivity contribution in [2.24, 2.45) is 11.8 Å². The molecule has 2 aliphatic rings. The molecule has 16 heavy (non-hydrogen) atoms. The Balaban J connectivity index is 1.89. The van der Waals surface area contributed by atoms with Crippen LogP contribution in [-0.4, -0.2) is 22.4 Å². The van der Waals surface area contributed by atoms with Gasteiger partial charge in [-0.3, -0.25) is 4.79 Å². The normalized spacial score (nSPS) is 37.2. The van der Waals surface area contributed by atoms with Gasteiger partial charge in [0.1, 0.15) is 5.78 Å². The van der Waals surface area contributed by atoms with Crippen molar-refractivity contribution in [1.82, 2.24) is 0 Å².